The Kier molecular flexibility index (Phi) is 11.8. The Morgan fingerprint density at radius 2 is 1.67 bits per heavy atom. The van der Waals surface area contributed by atoms with Crippen LogP contribution >= 0.6 is 0 Å². The van der Waals surface area contributed by atoms with Gasteiger partial charge in [-0.2, -0.15) is 0 Å². The second kappa shape index (κ2) is 15.9. The first kappa shape index (κ1) is 38.6. The first-order valence-electron chi connectivity index (χ1n) is 17.4. The summed E-state index contributed by atoms with van der Waals surface area (Å²) in [5.41, 5.74) is 18.1. The lowest BCUT2D eigenvalue weighted by Crippen LogP contribution is -2.47. The summed E-state index contributed by atoms with van der Waals surface area (Å²) in [5.74, 6) is -1.05. The average Bonchev–Trinajstić information content (AvgIpc) is 3.60. The molecule has 5 rings (SSSR count). The van der Waals surface area contributed by atoms with Crippen molar-refractivity contribution in [1.29, 1.82) is 0 Å². The minimum absolute atomic E-state index is 0.00202. The van der Waals surface area contributed by atoms with E-state index in [2.05, 4.69) is 9.71 Å². The molecule has 1 aliphatic carbocycles. The van der Waals surface area contributed by atoms with Crippen LogP contribution in [0.25, 0.3) is 11.1 Å². The number of hydrogen-bond donors (Lipinski definition) is 4. The summed E-state index contributed by atoms with van der Waals surface area (Å²) in [7, 11) is -4.11. The van der Waals surface area contributed by atoms with Crippen LogP contribution in [0, 0.1) is 20.8 Å². The van der Waals surface area contributed by atoms with Crippen LogP contribution in [0.4, 0.5) is 4.79 Å². The summed E-state index contributed by atoms with van der Waals surface area (Å²) in [6.07, 6.45) is -0.0416. The highest BCUT2D eigenvalue weighted by Gasteiger charge is 2.37. The predicted molar refractivity (Wildman–Crippen MR) is 198 cm³/mol. The number of hydrogen-bond acceptors (Lipinski definition) is 9. The van der Waals surface area contributed by atoms with Crippen molar-refractivity contribution in [3.63, 3.8) is 0 Å². The Labute approximate surface area is 305 Å². The number of fused-ring (bicyclic) bond motifs is 4. The van der Waals surface area contributed by atoms with Crippen LogP contribution in [-0.2, 0) is 30.7 Å². The second-order valence-electron chi connectivity index (χ2n) is 13.8. The van der Waals surface area contributed by atoms with E-state index in [4.69, 9.17) is 25.7 Å². The molecule has 0 aromatic heterocycles. The van der Waals surface area contributed by atoms with Gasteiger partial charge in [0, 0.05) is 37.5 Å². The van der Waals surface area contributed by atoms with Crippen molar-refractivity contribution in [1.82, 2.24) is 9.62 Å². The van der Waals surface area contributed by atoms with Crippen LogP contribution in [0.5, 0.6) is 5.75 Å². The van der Waals surface area contributed by atoms with E-state index in [9.17, 15) is 23.1 Å². The quantitative estimate of drug-likeness (QED) is 0.0988. The number of nitrogens with zero attached hydrogens (tertiary/aromatic N) is 2. The van der Waals surface area contributed by atoms with Crippen molar-refractivity contribution >= 4 is 28.0 Å². The minimum atomic E-state index is -4.11. The van der Waals surface area contributed by atoms with Crippen LogP contribution in [-0.4, -0.2) is 87.5 Å². The molecule has 0 spiro atoms. The lowest BCUT2D eigenvalue weighted by atomic mass is 9.94. The molecular weight excluding hydrogens is 687 g/mol. The maximum atomic E-state index is 13.6. The number of carbonyl (C=O) groups excluding carboxylic acids is 1. The smallest absolute Gasteiger partial charge is 0.410 e. The Balaban J connectivity index is 1.25. The van der Waals surface area contributed by atoms with Gasteiger partial charge in [0.25, 0.3) is 10.0 Å². The van der Waals surface area contributed by atoms with Crippen LogP contribution in [0.1, 0.15) is 66.0 Å². The van der Waals surface area contributed by atoms with Crippen molar-refractivity contribution < 1.29 is 37.3 Å². The molecule has 52 heavy (non-hydrogen) atoms. The highest BCUT2D eigenvalue weighted by Crippen LogP contribution is 2.45. The van der Waals surface area contributed by atoms with Gasteiger partial charge in [0.15, 0.2) is 0 Å². The van der Waals surface area contributed by atoms with Crippen molar-refractivity contribution in [2.45, 2.75) is 76.3 Å². The van der Waals surface area contributed by atoms with Gasteiger partial charge in [-0.3, -0.25) is 9.89 Å². The van der Waals surface area contributed by atoms with Crippen LogP contribution in [0.15, 0.2) is 58.4 Å². The number of guanidine groups is 1. The zero-order chi connectivity index (χ0) is 37.8. The zero-order valence-electron chi connectivity index (χ0n) is 30.4. The topological polar surface area (TPSA) is 196 Å². The Morgan fingerprint density at radius 3 is 2.29 bits per heavy atom. The van der Waals surface area contributed by atoms with Crippen LogP contribution < -0.4 is 20.9 Å². The molecule has 0 saturated heterocycles. The Morgan fingerprint density at radius 1 is 1.04 bits per heavy atom. The van der Waals surface area contributed by atoms with Gasteiger partial charge in [0.1, 0.15) is 24.0 Å². The maximum absolute atomic E-state index is 13.6. The summed E-state index contributed by atoms with van der Waals surface area (Å²) < 4.78 is 46.9. The van der Waals surface area contributed by atoms with Gasteiger partial charge in [-0.15, -0.1) is 0 Å². The van der Waals surface area contributed by atoms with Gasteiger partial charge in [0.2, 0.25) is 5.96 Å². The summed E-state index contributed by atoms with van der Waals surface area (Å²) in [5, 5.41) is 10.2. The molecule has 0 radical (unpaired) electrons. The summed E-state index contributed by atoms with van der Waals surface area (Å²) >= 11 is 0. The molecule has 0 bridgehead atoms. The summed E-state index contributed by atoms with van der Waals surface area (Å²) in [6, 6.07) is 14.6. The highest BCUT2D eigenvalue weighted by atomic mass is 32.2. The van der Waals surface area contributed by atoms with Gasteiger partial charge >= 0.3 is 12.1 Å². The molecule has 3 aromatic carbocycles. The maximum Gasteiger partial charge on any atom is 0.410 e. The Bertz CT molecular complexity index is 1920. The Hall–Kier alpha value is -4.66. The fourth-order valence-corrected chi connectivity index (χ4v) is 8.69. The molecule has 0 unspecified atom stereocenters. The molecule has 280 valence electrons. The summed E-state index contributed by atoms with van der Waals surface area (Å²) in [6.45, 7) is 9.80. The number of carbonyl (C=O) groups is 2. The molecule has 0 saturated carbocycles. The van der Waals surface area contributed by atoms with Gasteiger partial charge < -0.3 is 30.8 Å². The van der Waals surface area contributed by atoms with Crippen molar-refractivity contribution in [2.75, 3.05) is 39.5 Å². The van der Waals surface area contributed by atoms with Crippen molar-refractivity contribution in [3.05, 3.63) is 81.9 Å². The van der Waals surface area contributed by atoms with E-state index < -0.39 is 33.7 Å². The van der Waals surface area contributed by atoms with Gasteiger partial charge in [-0.1, -0.05) is 48.5 Å². The molecule has 2 aliphatic rings. The lowest BCUT2D eigenvalue weighted by Gasteiger charge is -2.29. The molecule has 6 N–H and O–H groups in total. The van der Waals surface area contributed by atoms with Crippen LogP contribution in [0.3, 0.4) is 0 Å². The van der Waals surface area contributed by atoms with E-state index in [1.807, 2.05) is 69.3 Å². The average molecular weight is 736 g/mol. The molecule has 3 aromatic rings. The number of amides is 1. The zero-order valence-corrected chi connectivity index (χ0v) is 31.2. The number of rotatable bonds is 15. The number of carboxylic acids is 1. The highest BCUT2D eigenvalue weighted by molar-refractivity contribution is 7.90. The summed E-state index contributed by atoms with van der Waals surface area (Å²) in [4.78, 5) is 31.6. The van der Waals surface area contributed by atoms with Crippen LogP contribution in [0.2, 0.25) is 0 Å². The number of benzene rings is 3. The first-order chi connectivity index (χ1) is 24.7. The largest absolute Gasteiger partial charge is 0.487 e. The monoisotopic (exact) mass is 735 g/mol. The third kappa shape index (κ3) is 8.19. The SMILES string of the molecule is Cc1c(C)c(S(=O)(=O)NC(N)=NCCC[C@@H](C(=O)O)N(CCOCCN)C(=O)OCC2c3ccccc3-c3ccccc32)c(C)c2c1OC(C)(C)C2. The minimum Gasteiger partial charge on any atom is -0.487 e. The molecule has 1 aliphatic heterocycles. The molecule has 1 atom stereocenters. The third-order valence-corrected chi connectivity index (χ3v) is 11.3. The molecule has 1 heterocycles. The molecule has 14 heteroatoms. The number of carboxylic acid groups (broad SMARTS) is 1. The fourth-order valence-electron chi connectivity index (χ4n) is 7.17. The number of ether oxygens (including phenoxy) is 3. The molecule has 13 nitrogen and oxygen atoms in total. The van der Waals surface area contributed by atoms with E-state index in [0.717, 1.165) is 38.3 Å². The fraction of sp³-hybridized carbons (Fsp3) is 0.447. The molecule has 0 fully saturated rings. The second-order valence-corrected chi connectivity index (χ2v) is 15.4. The van der Waals surface area contributed by atoms with Crippen molar-refractivity contribution in [3.8, 4) is 16.9 Å². The van der Waals surface area contributed by atoms with Gasteiger partial charge in [-0.05, 0) is 86.4 Å². The molecular formula is C38H49N5O8S. The van der Waals surface area contributed by atoms with Crippen molar-refractivity contribution in [2.24, 2.45) is 16.5 Å². The van der Waals surface area contributed by atoms with Gasteiger partial charge in [-0.25, -0.2) is 22.7 Å². The molecule has 1 amide bonds. The van der Waals surface area contributed by atoms with E-state index in [1.54, 1.807) is 13.8 Å². The standard InChI is InChI=1S/C38H49N5O8S/c1-23-24(2)34(25(3)30-21-38(4,5)51-33(23)30)52(47,48)42-36(40)41-17-10-15-32(35(44)45)43(18-20-49-19-16-39)37(46)50-22-31-28-13-8-6-11-26(28)27-12-7-9-14-29(27)31/h6-9,11-14,31-32H,10,15-22,39H2,1-5H3,(H,44,45)(H3,40,41,42)/t32-/m0/s1. The van der Waals surface area contributed by atoms with E-state index >= 15 is 0 Å². The predicted octanol–water partition coefficient (Wildman–Crippen LogP) is 4.38. The number of aliphatic carboxylic acids is 1. The normalized spacial score (nSPS) is 15.3. The first-order valence-corrected chi connectivity index (χ1v) is 18.9. The van der Waals surface area contributed by atoms with E-state index in [-0.39, 0.29) is 69.1 Å². The van der Waals surface area contributed by atoms with E-state index in [0.29, 0.717) is 23.3 Å². The van der Waals surface area contributed by atoms with Gasteiger partial charge in [0.05, 0.1) is 18.1 Å². The third-order valence-electron chi connectivity index (χ3n) is 9.69. The lowest BCUT2D eigenvalue weighted by molar-refractivity contribution is -0.143. The van der Waals surface area contributed by atoms with E-state index in [1.165, 1.54) is 0 Å². The number of sulfonamides is 1. The number of aliphatic imine (C=N–C) groups is 1. The number of nitrogens with one attached hydrogen (secondary N) is 1. The number of nitrogens with two attached hydrogens (primary N) is 2.